The number of carbonyl (C=O) groups is 3. The van der Waals surface area contributed by atoms with Crippen LogP contribution in [0.4, 0.5) is 0 Å². The van der Waals surface area contributed by atoms with Crippen LogP contribution in [0.5, 0.6) is 0 Å². The number of likely N-dealkylation sites (tertiary alicyclic amines) is 1. The molecule has 0 radical (unpaired) electrons. The van der Waals surface area contributed by atoms with Crippen LogP contribution in [-0.4, -0.2) is 48.9 Å². The molecule has 1 saturated heterocycles. The second kappa shape index (κ2) is 9.50. The number of methoxy groups -OCH3 is 1. The normalized spacial score (nSPS) is 36.3. The lowest BCUT2D eigenvalue weighted by molar-refractivity contribution is -0.144. The van der Waals surface area contributed by atoms with Crippen molar-refractivity contribution in [3.63, 3.8) is 0 Å². The summed E-state index contributed by atoms with van der Waals surface area (Å²) in [6.07, 6.45) is 16.1. The maximum Gasteiger partial charge on any atom is 0.328 e. The molecular weight excluding hydrogens is 452 g/mol. The molecule has 36 heavy (non-hydrogen) atoms. The van der Waals surface area contributed by atoms with Crippen LogP contribution >= 0.6 is 0 Å². The average Bonchev–Trinajstić information content (AvgIpc) is 3.24. The monoisotopic (exact) mass is 494 g/mol. The largest absolute Gasteiger partial charge is 0.467 e. The zero-order chi connectivity index (χ0) is 25.7. The predicted molar refractivity (Wildman–Crippen MR) is 139 cm³/mol. The van der Waals surface area contributed by atoms with E-state index in [1.807, 2.05) is 0 Å². The van der Waals surface area contributed by atoms with Crippen molar-refractivity contribution in [2.75, 3.05) is 20.2 Å². The molecule has 1 heterocycles. The van der Waals surface area contributed by atoms with Gasteiger partial charge in [-0.3, -0.25) is 9.59 Å². The molecular formula is C30H42N2O4. The molecule has 6 heteroatoms. The maximum absolute atomic E-state index is 13.5. The number of rotatable bonds is 4. The summed E-state index contributed by atoms with van der Waals surface area (Å²) in [5, 5.41) is 2.79. The zero-order valence-corrected chi connectivity index (χ0v) is 22.4. The Bertz CT molecular complexity index is 1040. The highest BCUT2D eigenvalue weighted by Crippen LogP contribution is 2.64. The minimum absolute atomic E-state index is 0.0169. The molecule has 0 aromatic carbocycles. The molecule has 0 bridgehead atoms. The molecule has 6 atom stereocenters. The number of ether oxygens (including phenoxy) is 1. The predicted octanol–water partition coefficient (Wildman–Crippen LogP) is 4.71. The molecule has 5 rings (SSSR count). The van der Waals surface area contributed by atoms with Crippen molar-refractivity contribution in [2.24, 2.45) is 28.6 Å². The Morgan fingerprint density at radius 3 is 2.50 bits per heavy atom. The molecule has 1 aliphatic heterocycles. The van der Waals surface area contributed by atoms with Crippen LogP contribution in [0, 0.1) is 28.6 Å². The molecule has 0 aromatic rings. The molecule has 0 spiro atoms. The second-order valence-electron chi connectivity index (χ2n) is 12.2. The molecule has 1 N–H and O–H groups in total. The number of carbonyl (C=O) groups excluding carboxylic acids is 3. The molecule has 1 unspecified atom stereocenters. The minimum atomic E-state index is -0.658. The smallest absolute Gasteiger partial charge is 0.328 e. The Morgan fingerprint density at radius 2 is 1.78 bits per heavy atom. The van der Waals surface area contributed by atoms with E-state index in [-0.39, 0.29) is 16.7 Å². The molecule has 2 amide bonds. The third-order valence-corrected chi connectivity index (χ3v) is 10.4. The van der Waals surface area contributed by atoms with Crippen LogP contribution < -0.4 is 5.32 Å². The number of piperidine rings is 1. The van der Waals surface area contributed by atoms with Crippen LogP contribution in [0.1, 0.15) is 78.6 Å². The molecule has 0 aromatic heterocycles. The fourth-order valence-electron chi connectivity index (χ4n) is 8.20. The van der Waals surface area contributed by atoms with E-state index in [0.717, 1.165) is 75.6 Å². The third-order valence-electron chi connectivity index (χ3n) is 10.4. The van der Waals surface area contributed by atoms with Crippen molar-refractivity contribution in [1.82, 2.24) is 10.2 Å². The van der Waals surface area contributed by atoms with E-state index >= 15 is 0 Å². The number of nitrogens with one attached hydrogen (secondary N) is 1. The van der Waals surface area contributed by atoms with Gasteiger partial charge in [0.05, 0.1) is 7.11 Å². The SMILES string of the molecule is COC(=O)C(C)NC(=O)C1=CC2=CC[C@@H]3[C@H](CC[C@]4(C)C(C(=O)N5CCCCC5)=CC[C@@H]34)[C@@]2(C)CC1. The van der Waals surface area contributed by atoms with Gasteiger partial charge in [0.15, 0.2) is 0 Å². The van der Waals surface area contributed by atoms with Crippen LogP contribution in [0.2, 0.25) is 0 Å². The van der Waals surface area contributed by atoms with Gasteiger partial charge in [0, 0.05) is 29.7 Å². The lowest BCUT2D eigenvalue weighted by Crippen LogP contribution is -2.50. The van der Waals surface area contributed by atoms with Crippen LogP contribution in [0.15, 0.2) is 34.9 Å². The highest BCUT2D eigenvalue weighted by Gasteiger charge is 2.57. The first kappa shape index (κ1) is 25.3. The zero-order valence-electron chi connectivity index (χ0n) is 22.4. The lowest BCUT2D eigenvalue weighted by Gasteiger charge is -2.56. The molecule has 196 valence electrons. The van der Waals surface area contributed by atoms with E-state index in [1.165, 1.54) is 19.1 Å². The van der Waals surface area contributed by atoms with Gasteiger partial charge >= 0.3 is 5.97 Å². The second-order valence-corrected chi connectivity index (χ2v) is 12.2. The third kappa shape index (κ3) is 4.05. The van der Waals surface area contributed by atoms with Crippen molar-refractivity contribution >= 4 is 17.8 Å². The van der Waals surface area contributed by atoms with E-state index < -0.39 is 12.0 Å². The van der Waals surface area contributed by atoms with Gasteiger partial charge < -0.3 is 15.0 Å². The average molecular weight is 495 g/mol. The molecule has 6 nitrogen and oxygen atoms in total. The fourth-order valence-corrected chi connectivity index (χ4v) is 8.20. The summed E-state index contributed by atoms with van der Waals surface area (Å²) in [5.41, 5.74) is 3.17. The summed E-state index contributed by atoms with van der Waals surface area (Å²) in [5.74, 6) is 1.36. The summed E-state index contributed by atoms with van der Waals surface area (Å²) in [6.45, 7) is 8.23. The quantitative estimate of drug-likeness (QED) is 0.574. The van der Waals surface area contributed by atoms with Gasteiger partial charge in [-0.1, -0.05) is 32.1 Å². The van der Waals surface area contributed by atoms with Crippen molar-refractivity contribution < 1.29 is 19.1 Å². The van der Waals surface area contributed by atoms with Gasteiger partial charge in [-0.05, 0) is 93.5 Å². The van der Waals surface area contributed by atoms with E-state index in [2.05, 4.69) is 42.3 Å². The van der Waals surface area contributed by atoms with Crippen molar-refractivity contribution in [3.8, 4) is 0 Å². The number of amides is 2. The maximum atomic E-state index is 13.5. The van der Waals surface area contributed by atoms with Gasteiger partial charge in [-0.25, -0.2) is 4.79 Å². The highest BCUT2D eigenvalue weighted by atomic mass is 16.5. The Balaban J connectivity index is 1.33. The van der Waals surface area contributed by atoms with Gasteiger partial charge in [0.1, 0.15) is 6.04 Å². The lowest BCUT2D eigenvalue weighted by atomic mass is 9.48. The standard InChI is InChI=1S/C30H42N2O4/c1-19(28(35)36-4)31-26(33)20-12-14-29(2)21(18-20)8-9-22-23-10-11-25(30(23,3)15-13-24(22)29)27(34)32-16-6-5-7-17-32/h8,11,18-19,22-24H,5-7,9-10,12-17H2,1-4H3,(H,31,33)/t19?,22-,23-,24-,29-,30-/m0/s1. The first-order chi connectivity index (χ1) is 17.2. The molecule has 5 aliphatic rings. The van der Waals surface area contributed by atoms with Crippen LogP contribution in [0.25, 0.3) is 0 Å². The summed E-state index contributed by atoms with van der Waals surface area (Å²) >= 11 is 0. The molecule has 2 fully saturated rings. The molecule has 4 aliphatic carbocycles. The first-order valence-electron chi connectivity index (χ1n) is 14.0. The van der Waals surface area contributed by atoms with Crippen molar-refractivity contribution in [3.05, 3.63) is 34.9 Å². The Kier molecular flexibility index (Phi) is 6.67. The van der Waals surface area contributed by atoms with E-state index in [0.29, 0.717) is 23.7 Å². The van der Waals surface area contributed by atoms with Gasteiger partial charge in [-0.15, -0.1) is 0 Å². The Morgan fingerprint density at radius 1 is 1.03 bits per heavy atom. The van der Waals surface area contributed by atoms with Gasteiger partial charge in [-0.2, -0.15) is 0 Å². The van der Waals surface area contributed by atoms with Crippen LogP contribution in [0.3, 0.4) is 0 Å². The first-order valence-corrected chi connectivity index (χ1v) is 14.0. The fraction of sp³-hybridized carbons (Fsp3) is 0.700. The Hall–Kier alpha value is -2.37. The Labute approximate surface area is 215 Å². The molecule has 1 saturated carbocycles. The topological polar surface area (TPSA) is 75.7 Å². The number of esters is 1. The van der Waals surface area contributed by atoms with Gasteiger partial charge in [0.2, 0.25) is 11.8 Å². The van der Waals surface area contributed by atoms with Gasteiger partial charge in [0.25, 0.3) is 0 Å². The van der Waals surface area contributed by atoms with Crippen molar-refractivity contribution in [1.29, 1.82) is 0 Å². The number of hydrogen-bond donors (Lipinski definition) is 1. The summed E-state index contributed by atoms with van der Waals surface area (Å²) in [4.78, 5) is 40.2. The van der Waals surface area contributed by atoms with E-state index in [9.17, 15) is 14.4 Å². The van der Waals surface area contributed by atoms with E-state index in [4.69, 9.17) is 4.74 Å². The number of hydrogen-bond acceptors (Lipinski definition) is 4. The number of fused-ring (bicyclic) bond motifs is 5. The van der Waals surface area contributed by atoms with Crippen molar-refractivity contribution in [2.45, 2.75) is 84.6 Å². The summed E-state index contributed by atoms with van der Waals surface area (Å²) in [7, 11) is 1.33. The summed E-state index contributed by atoms with van der Waals surface area (Å²) in [6, 6.07) is -0.658. The van der Waals surface area contributed by atoms with Crippen LogP contribution in [-0.2, 0) is 19.1 Å². The summed E-state index contributed by atoms with van der Waals surface area (Å²) < 4.78 is 4.75. The number of nitrogens with zero attached hydrogens (tertiary/aromatic N) is 1. The highest BCUT2D eigenvalue weighted by molar-refractivity contribution is 5.97. The van der Waals surface area contributed by atoms with E-state index in [1.54, 1.807) is 6.92 Å². The number of allylic oxidation sites excluding steroid dienone is 4. The minimum Gasteiger partial charge on any atom is -0.467 e.